The van der Waals surface area contributed by atoms with Crippen molar-refractivity contribution in [2.75, 3.05) is 5.73 Å². The molecule has 0 aliphatic rings. The van der Waals surface area contributed by atoms with Gasteiger partial charge in [-0.1, -0.05) is 23.2 Å². The Labute approximate surface area is 99.3 Å². The summed E-state index contributed by atoms with van der Waals surface area (Å²) in [6.07, 6.45) is 0. The van der Waals surface area contributed by atoms with Crippen molar-refractivity contribution in [3.05, 3.63) is 40.5 Å². The maximum absolute atomic E-state index is 5.89. The quantitative estimate of drug-likeness (QED) is 0.771. The number of aromatic amines is 1. The van der Waals surface area contributed by atoms with Gasteiger partial charge < -0.3 is 0 Å². The standard InChI is InChI=1S/C12H12ClN3/c1-7-4-3-5-8(2)11(7)9-6-10(13)16-12(14)15-9/h3-6H,1-2H3,(H2,14,15,16)/p+1. The average Bonchev–Trinajstić information content (AvgIpc) is 2.15. The number of halogens is 1. The molecule has 0 saturated carbocycles. The number of nitrogens with zero attached hydrogens (tertiary/aromatic N) is 1. The van der Waals surface area contributed by atoms with Crippen molar-refractivity contribution in [1.29, 1.82) is 0 Å². The molecule has 0 aliphatic heterocycles. The predicted molar refractivity (Wildman–Crippen MR) is 65.1 cm³/mol. The fraction of sp³-hybridized carbons (Fsp3) is 0.167. The van der Waals surface area contributed by atoms with Gasteiger partial charge in [0.2, 0.25) is 5.15 Å². The summed E-state index contributed by atoms with van der Waals surface area (Å²) in [5.74, 6) is 0.324. The zero-order chi connectivity index (χ0) is 11.7. The Morgan fingerprint density at radius 2 is 1.88 bits per heavy atom. The topological polar surface area (TPSA) is 53.0 Å². The van der Waals surface area contributed by atoms with Crippen LogP contribution >= 0.6 is 11.6 Å². The summed E-state index contributed by atoms with van der Waals surface area (Å²) >= 11 is 5.89. The SMILES string of the molecule is Cc1cccc(C)c1-c1cc(Cl)nc(N)[nH+]1. The second-order valence-corrected chi connectivity index (χ2v) is 4.16. The van der Waals surface area contributed by atoms with Crippen molar-refractivity contribution in [3.63, 3.8) is 0 Å². The maximum atomic E-state index is 5.89. The molecule has 0 radical (unpaired) electrons. The van der Waals surface area contributed by atoms with E-state index in [-0.39, 0.29) is 0 Å². The minimum Gasteiger partial charge on any atom is -0.287 e. The van der Waals surface area contributed by atoms with Crippen LogP contribution in [0.5, 0.6) is 0 Å². The highest BCUT2D eigenvalue weighted by Crippen LogP contribution is 2.25. The Morgan fingerprint density at radius 1 is 1.25 bits per heavy atom. The first-order valence-electron chi connectivity index (χ1n) is 5.00. The van der Waals surface area contributed by atoms with Crippen LogP contribution < -0.4 is 10.7 Å². The lowest BCUT2D eigenvalue weighted by Gasteiger charge is -2.07. The fourth-order valence-corrected chi connectivity index (χ4v) is 2.04. The number of benzene rings is 1. The van der Waals surface area contributed by atoms with E-state index in [4.69, 9.17) is 17.3 Å². The van der Waals surface area contributed by atoms with Crippen LogP contribution in [0.1, 0.15) is 11.1 Å². The van der Waals surface area contributed by atoms with Gasteiger partial charge in [-0.15, -0.1) is 0 Å². The Bertz CT molecular complexity index is 497. The first-order valence-corrected chi connectivity index (χ1v) is 5.37. The van der Waals surface area contributed by atoms with Gasteiger partial charge in [0, 0.05) is 11.6 Å². The molecule has 0 bridgehead atoms. The molecule has 16 heavy (non-hydrogen) atoms. The molecule has 0 unspecified atom stereocenters. The summed E-state index contributed by atoms with van der Waals surface area (Å²) in [5.41, 5.74) is 10.0. The van der Waals surface area contributed by atoms with Crippen LogP contribution in [0.25, 0.3) is 11.3 Å². The highest BCUT2D eigenvalue weighted by molar-refractivity contribution is 6.29. The molecule has 0 spiro atoms. The van der Waals surface area contributed by atoms with Crippen LogP contribution in [-0.2, 0) is 0 Å². The van der Waals surface area contributed by atoms with Crippen LogP contribution in [0.15, 0.2) is 24.3 Å². The normalized spacial score (nSPS) is 10.4. The molecule has 1 aromatic heterocycles. The first kappa shape index (κ1) is 10.9. The van der Waals surface area contributed by atoms with E-state index in [1.54, 1.807) is 6.07 Å². The minimum atomic E-state index is 0.324. The molecule has 4 heteroatoms. The van der Waals surface area contributed by atoms with E-state index in [0.29, 0.717) is 11.1 Å². The molecule has 0 amide bonds. The lowest BCUT2D eigenvalue weighted by molar-refractivity contribution is -0.351. The lowest BCUT2D eigenvalue weighted by Crippen LogP contribution is -2.16. The molecule has 0 aliphatic carbocycles. The van der Waals surface area contributed by atoms with Crippen LogP contribution in [0.2, 0.25) is 5.15 Å². The Morgan fingerprint density at radius 3 is 2.44 bits per heavy atom. The van der Waals surface area contributed by atoms with Gasteiger partial charge >= 0.3 is 5.95 Å². The first-order chi connectivity index (χ1) is 7.58. The van der Waals surface area contributed by atoms with Gasteiger partial charge in [0.05, 0.1) is 0 Å². The third-order valence-electron chi connectivity index (χ3n) is 2.50. The number of aryl methyl sites for hydroxylation is 2. The lowest BCUT2D eigenvalue weighted by atomic mass is 10.00. The van der Waals surface area contributed by atoms with Crippen molar-refractivity contribution in [1.82, 2.24) is 4.98 Å². The molecule has 2 rings (SSSR count). The summed E-state index contributed by atoms with van der Waals surface area (Å²) in [6.45, 7) is 4.11. The average molecular weight is 235 g/mol. The summed E-state index contributed by atoms with van der Waals surface area (Å²) in [5, 5.41) is 0.397. The van der Waals surface area contributed by atoms with Crippen molar-refractivity contribution >= 4 is 17.5 Å². The number of rotatable bonds is 1. The largest absolute Gasteiger partial charge is 0.388 e. The van der Waals surface area contributed by atoms with Gasteiger partial charge in [-0.05, 0) is 36.6 Å². The van der Waals surface area contributed by atoms with Gasteiger partial charge in [0.25, 0.3) is 0 Å². The van der Waals surface area contributed by atoms with Crippen molar-refractivity contribution in [3.8, 4) is 11.3 Å². The van der Waals surface area contributed by atoms with Crippen LogP contribution in [0.4, 0.5) is 5.95 Å². The minimum absolute atomic E-state index is 0.324. The zero-order valence-electron chi connectivity index (χ0n) is 9.21. The van der Waals surface area contributed by atoms with Crippen LogP contribution in [-0.4, -0.2) is 4.98 Å². The van der Waals surface area contributed by atoms with E-state index >= 15 is 0 Å². The summed E-state index contributed by atoms with van der Waals surface area (Å²) in [4.78, 5) is 6.94. The molecule has 0 atom stereocenters. The Kier molecular flexibility index (Phi) is 2.79. The highest BCUT2D eigenvalue weighted by Gasteiger charge is 2.12. The van der Waals surface area contributed by atoms with Gasteiger partial charge in [-0.2, -0.15) is 0 Å². The second kappa shape index (κ2) is 4.10. The Balaban J connectivity index is 2.67. The number of hydrogen-bond donors (Lipinski definition) is 1. The number of H-pyrrole nitrogens is 1. The zero-order valence-corrected chi connectivity index (χ0v) is 9.97. The van der Waals surface area contributed by atoms with Gasteiger partial charge in [-0.25, -0.2) is 4.98 Å². The van der Waals surface area contributed by atoms with E-state index in [1.165, 1.54) is 11.1 Å². The van der Waals surface area contributed by atoms with E-state index in [1.807, 2.05) is 6.07 Å². The van der Waals surface area contributed by atoms with Crippen molar-refractivity contribution < 1.29 is 4.98 Å². The third kappa shape index (κ3) is 1.99. The molecular formula is C12H13ClN3+. The number of nitrogens with two attached hydrogens (primary N) is 1. The number of hydrogen-bond acceptors (Lipinski definition) is 2. The van der Waals surface area contributed by atoms with Crippen LogP contribution in [0, 0.1) is 13.8 Å². The van der Waals surface area contributed by atoms with E-state index in [9.17, 15) is 0 Å². The number of nitrogens with one attached hydrogen (secondary N) is 1. The van der Waals surface area contributed by atoms with E-state index in [0.717, 1.165) is 11.3 Å². The smallest absolute Gasteiger partial charge is 0.287 e. The second-order valence-electron chi connectivity index (χ2n) is 3.77. The molecule has 3 nitrogen and oxygen atoms in total. The molecule has 0 fully saturated rings. The fourth-order valence-electron chi connectivity index (χ4n) is 1.84. The van der Waals surface area contributed by atoms with E-state index in [2.05, 4.69) is 35.9 Å². The molecule has 82 valence electrons. The van der Waals surface area contributed by atoms with Gasteiger partial charge in [0.1, 0.15) is 5.69 Å². The number of nitrogen functional groups attached to an aromatic ring is 1. The number of aromatic nitrogens is 2. The molecular weight excluding hydrogens is 222 g/mol. The van der Waals surface area contributed by atoms with Gasteiger partial charge in [0.15, 0.2) is 0 Å². The molecule has 2 aromatic rings. The van der Waals surface area contributed by atoms with Crippen molar-refractivity contribution in [2.24, 2.45) is 0 Å². The molecule has 1 aromatic carbocycles. The monoisotopic (exact) mass is 234 g/mol. The highest BCUT2D eigenvalue weighted by atomic mass is 35.5. The maximum Gasteiger partial charge on any atom is 0.388 e. The molecule has 0 saturated heterocycles. The summed E-state index contributed by atoms with van der Waals surface area (Å²) in [7, 11) is 0. The Hall–Kier alpha value is -1.61. The summed E-state index contributed by atoms with van der Waals surface area (Å²) < 4.78 is 0. The third-order valence-corrected chi connectivity index (χ3v) is 2.70. The van der Waals surface area contributed by atoms with Crippen LogP contribution in [0.3, 0.4) is 0 Å². The molecule has 3 N–H and O–H groups in total. The van der Waals surface area contributed by atoms with E-state index < -0.39 is 0 Å². The van der Waals surface area contributed by atoms with Gasteiger partial charge in [-0.3, -0.25) is 5.73 Å². The number of anilines is 1. The van der Waals surface area contributed by atoms with Crippen molar-refractivity contribution in [2.45, 2.75) is 13.8 Å². The molecule has 1 heterocycles. The summed E-state index contributed by atoms with van der Waals surface area (Å²) in [6, 6.07) is 7.93. The predicted octanol–water partition coefficient (Wildman–Crippen LogP) is 2.42.